The van der Waals surface area contributed by atoms with Crippen LogP contribution in [0.2, 0.25) is 5.02 Å². The number of benzene rings is 1. The van der Waals surface area contributed by atoms with Crippen LogP contribution in [-0.4, -0.2) is 19.7 Å². The maximum atomic E-state index is 6.12. The lowest BCUT2D eigenvalue weighted by Gasteiger charge is -2.21. The first-order valence-electron chi connectivity index (χ1n) is 7.75. The van der Waals surface area contributed by atoms with Crippen LogP contribution in [0.15, 0.2) is 24.3 Å². The quantitative estimate of drug-likeness (QED) is 0.624. The van der Waals surface area contributed by atoms with Gasteiger partial charge in [0.15, 0.2) is 0 Å². The molecular weight excluding hydrogens is 270 g/mol. The van der Waals surface area contributed by atoms with Crippen molar-refractivity contribution in [2.24, 2.45) is 5.92 Å². The largest absolute Gasteiger partial charge is 0.372 e. The minimum Gasteiger partial charge on any atom is -0.372 e. The van der Waals surface area contributed by atoms with Gasteiger partial charge in [0.05, 0.1) is 12.7 Å². The van der Waals surface area contributed by atoms with E-state index in [1.165, 1.54) is 18.4 Å². The lowest BCUT2D eigenvalue weighted by Crippen LogP contribution is -2.25. The second-order valence-corrected chi connectivity index (χ2v) is 5.91. The monoisotopic (exact) mass is 297 g/mol. The summed E-state index contributed by atoms with van der Waals surface area (Å²) >= 11 is 5.96. The molecule has 0 bridgehead atoms. The van der Waals surface area contributed by atoms with E-state index >= 15 is 0 Å². The van der Waals surface area contributed by atoms with Gasteiger partial charge in [0, 0.05) is 11.6 Å². The highest BCUT2D eigenvalue weighted by atomic mass is 35.5. The third-order valence-corrected chi connectivity index (χ3v) is 3.61. The summed E-state index contributed by atoms with van der Waals surface area (Å²) in [4.78, 5) is 0. The highest BCUT2D eigenvalue weighted by Gasteiger charge is 2.13. The van der Waals surface area contributed by atoms with Gasteiger partial charge < -0.3 is 10.1 Å². The number of ether oxygens (including phenoxy) is 1. The number of nitrogens with one attached hydrogen (secondary N) is 1. The molecule has 0 radical (unpaired) electrons. The summed E-state index contributed by atoms with van der Waals surface area (Å²) in [5.74, 6) is 0.612. The molecule has 0 aromatic heterocycles. The molecule has 1 rings (SSSR count). The van der Waals surface area contributed by atoms with Crippen molar-refractivity contribution in [3.8, 4) is 0 Å². The van der Waals surface area contributed by atoms with Gasteiger partial charge in [0.1, 0.15) is 0 Å². The average Bonchev–Trinajstić information content (AvgIpc) is 2.44. The Morgan fingerprint density at radius 3 is 2.45 bits per heavy atom. The van der Waals surface area contributed by atoms with Crippen molar-refractivity contribution in [3.63, 3.8) is 0 Å². The molecule has 1 N–H and O–H groups in total. The molecule has 1 aromatic rings. The van der Waals surface area contributed by atoms with Gasteiger partial charge in [-0.3, -0.25) is 0 Å². The molecule has 0 aliphatic heterocycles. The van der Waals surface area contributed by atoms with Crippen molar-refractivity contribution >= 4 is 11.6 Å². The van der Waals surface area contributed by atoms with Crippen LogP contribution in [0.25, 0.3) is 0 Å². The Kier molecular flexibility index (Phi) is 8.92. The van der Waals surface area contributed by atoms with E-state index in [2.05, 4.69) is 38.2 Å². The van der Waals surface area contributed by atoms with E-state index in [1.54, 1.807) is 0 Å². The molecule has 2 unspecified atom stereocenters. The van der Waals surface area contributed by atoms with Crippen LogP contribution < -0.4 is 5.32 Å². The van der Waals surface area contributed by atoms with E-state index in [-0.39, 0.29) is 6.10 Å². The van der Waals surface area contributed by atoms with Crippen LogP contribution in [0.5, 0.6) is 0 Å². The number of hydrogen-bond acceptors (Lipinski definition) is 2. The van der Waals surface area contributed by atoms with E-state index in [0.717, 1.165) is 31.1 Å². The zero-order valence-corrected chi connectivity index (χ0v) is 13.7. The van der Waals surface area contributed by atoms with Crippen LogP contribution in [-0.2, 0) is 4.74 Å². The van der Waals surface area contributed by atoms with Crippen molar-refractivity contribution in [2.75, 3.05) is 19.7 Å². The van der Waals surface area contributed by atoms with Crippen molar-refractivity contribution < 1.29 is 4.74 Å². The number of hydrogen-bond donors (Lipinski definition) is 1. The predicted octanol–water partition coefficient (Wildman–Crippen LogP) is 4.83. The fraction of sp³-hybridized carbons (Fsp3) is 0.647. The molecule has 0 saturated heterocycles. The van der Waals surface area contributed by atoms with Crippen molar-refractivity contribution in [1.29, 1.82) is 0 Å². The second-order valence-electron chi connectivity index (χ2n) is 5.47. The summed E-state index contributed by atoms with van der Waals surface area (Å²) in [5, 5.41) is 4.22. The van der Waals surface area contributed by atoms with E-state index in [9.17, 15) is 0 Å². The highest BCUT2D eigenvalue weighted by Crippen LogP contribution is 2.21. The molecule has 114 valence electrons. The molecule has 0 fully saturated rings. The third-order valence-electron chi connectivity index (χ3n) is 3.36. The summed E-state index contributed by atoms with van der Waals surface area (Å²) in [5.41, 5.74) is 1.20. The van der Waals surface area contributed by atoms with Crippen LogP contribution in [0.4, 0.5) is 0 Å². The smallest absolute Gasteiger partial charge is 0.0949 e. The zero-order chi connectivity index (χ0) is 14.8. The first-order valence-corrected chi connectivity index (χ1v) is 8.12. The minimum absolute atomic E-state index is 0.109. The third kappa shape index (κ3) is 6.74. The fourth-order valence-electron chi connectivity index (χ4n) is 2.22. The van der Waals surface area contributed by atoms with Crippen LogP contribution in [0.1, 0.15) is 51.7 Å². The fourth-order valence-corrected chi connectivity index (χ4v) is 2.34. The molecule has 0 aliphatic carbocycles. The summed E-state index contributed by atoms with van der Waals surface area (Å²) in [6, 6.07) is 7.99. The number of rotatable bonds is 10. The summed E-state index contributed by atoms with van der Waals surface area (Å²) in [7, 11) is 0. The first-order chi connectivity index (χ1) is 9.67. The van der Waals surface area contributed by atoms with Crippen molar-refractivity contribution in [1.82, 2.24) is 5.32 Å². The van der Waals surface area contributed by atoms with Gasteiger partial charge in [-0.15, -0.1) is 0 Å². The van der Waals surface area contributed by atoms with Crippen LogP contribution in [0, 0.1) is 5.92 Å². The lowest BCUT2D eigenvalue weighted by atomic mass is 10.1. The van der Waals surface area contributed by atoms with Gasteiger partial charge in [-0.2, -0.15) is 0 Å². The Labute approximate surface area is 128 Å². The normalized spacial score (nSPS) is 14.2. The van der Waals surface area contributed by atoms with Gasteiger partial charge >= 0.3 is 0 Å². The Hall–Kier alpha value is -0.570. The van der Waals surface area contributed by atoms with Gasteiger partial charge in [-0.1, -0.05) is 50.9 Å². The summed E-state index contributed by atoms with van der Waals surface area (Å²) < 4.78 is 6.12. The first kappa shape index (κ1) is 17.5. The molecule has 2 atom stereocenters. The zero-order valence-electron chi connectivity index (χ0n) is 13.0. The molecule has 0 saturated carbocycles. The second kappa shape index (κ2) is 10.2. The minimum atomic E-state index is 0.109. The van der Waals surface area contributed by atoms with Gasteiger partial charge in [0.2, 0.25) is 0 Å². The molecule has 0 heterocycles. The van der Waals surface area contributed by atoms with Crippen LogP contribution >= 0.6 is 11.6 Å². The number of halogens is 1. The molecule has 0 aliphatic rings. The van der Waals surface area contributed by atoms with Gasteiger partial charge in [-0.05, 0) is 43.0 Å². The maximum Gasteiger partial charge on any atom is 0.0949 e. The Morgan fingerprint density at radius 2 is 1.85 bits per heavy atom. The van der Waals surface area contributed by atoms with E-state index in [1.807, 2.05) is 12.1 Å². The molecule has 3 heteroatoms. The maximum absolute atomic E-state index is 6.12. The Morgan fingerprint density at radius 1 is 1.15 bits per heavy atom. The molecular formula is C17H28ClNO. The molecule has 20 heavy (non-hydrogen) atoms. The van der Waals surface area contributed by atoms with E-state index < -0.39 is 0 Å². The van der Waals surface area contributed by atoms with Gasteiger partial charge in [-0.25, -0.2) is 0 Å². The average molecular weight is 298 g/mol. The Balaban J connectivity index is 2.57. The Bertz CT molecular complexity index is 353. The van der Waals surface area contributed by atoms with Crippen LogP contribution in [0.3, 0.4) is 0 Å². The molecule has 1 aromatic carbocycles. The van der Waals surface area contributed by atoms with Crippen molar-refractivity contribution in [3.05, 3.63) is 34.9 Å². The standard InChI is InChI=1S/C17H28ClNO/c1-4-6-14(3)13-20-17(12-19-11-5-2)15-7-9-16(18)10-8-15/h7-10,14,17,19H,4-6,11-13H2,1-3H3. The van der Waals surface area contributed by atoms with Gasteiger partial charge in [0.25, 0.3) is 0 Å². The van der Waals surface area contributed by atoms with E-state index in [0.29, 0.717) is 5.92 Å². The molecule has 0 amide bonds. The van der Waals surface area contributed by atoms with Crippen molar-refractivity contribution in [2.45, 2.75) is 46.1 Å². The predicted molar refractivity (Wildman–Crippen MR) is 87.4 cm³/mol. The van der Waals surface area contributed by atoms with E-state index in [4.69, 9.17) is 16.3 Å². The molecule has 2 nitrogen and oxygen atoms in total. The summed E-state index contributed by atoms with van der Waals surface area (Å²) in [6.07, 6.45) is 3.68. The SMILES string of the molecule is CCCNCC(OCC(C)CCC)c1ccc(Cl)cc1. The topological polar surface area (TPSA) is 21.3 Å². The summed E-state index contributed by atoms with van der Waals surface area (Å²) in [6.45, 7) is 9.34. The lowest BCUT2D eigenvalue weighted by molar-refractivity contribution is 0.0300. The molecule has 0 spiro atoms. The highest BCUT2D eigenvalue weighted by molar-refractivity contribution is 6.30.